The summed E-state index contributed by atoms with van der Waals surface area (Å²) in [6.07, 6.45) is 4.10. The van der Waals surface area contributed by atoms with Gasteiger partial charge in [-0.05, 0) is 31.9 Å². The van der Waals surface area contributed by atoms with Crippen LogP contribution < -0.4 is 5.32 Å². The molecule has 1 N–H and O–H groups in total. The summed E-state index contributed by atoms with van der Waals surface area (Å²) in [5.41, 5.74) is 3.80. The van der Waals surface area contributed by atoms with Gasteiger partial charge >= 0.3 is 0 Å². The second-order valence-corrected chi connectivity index (χ2v) is 6.03. The molecule has 0 aromatic heterocycles. The maximum Gasteiger partial charge on any atom is 0.159 e. The summed E-state index contributed by atoms with van der Waals surface area (Å²) in [6, 6.07) is 17.8. The van der Waals surface area contributed by atoms with Crippen molar-refractivity contribution in [3.63, 3.8) is 0 Å². The molecule has 0 aliphatic rings. The summed E-state index contributed by atoms with van der Waals surface area (Å²) in [5, 5.41) is 2.83. The molecule has 0 heterocycles. The number of rotatable bonds is 6. The normalized spacial score (nSPS) is 10.1. The van der Waals surface area contributed by atoms with E-state index in [2.05, 4.69) is 30.1 Å². The molecule has 0 fully saturated rings. The number of allylic oxidation sites excluding steroid dienone is 1. The quantitative estimate of drug-likeness (QED) is 0.410. The van der Waals surface area contributed by atoms with Crippen LogP contribution in [0.25, 0.3) is 12.2 Å². The van der Waals surface area contributed by atoms with Gasteiger partial charge in [-0.2, -0.15) is 0 Å². The molecule has 1 atom stereocenters. The van der Waals surface area contributed by atoms with Crippen molar-refractivity contribution in [3.05, 3.63) is 83.6 Å². The van der Waals surface area contributed by atoms with E-state index >= 15 is 0 Å². The van der Waals surface area contributed by atoms with Crippen molar-refractivity contribution in [2.75, 3.05) is 7.05 Å². The van der Waals surface area contributed by atoms with Crippen LogP contribution >= 0.6 is 0 Å². The zero-order chi connectivity index (χ0) is 23.5. The van der Waals surface area contributed by atoms with E-state index in [1.54, 1.807) is 20.9 Å². The van der Waals surface area contributed by atoms with Crippen molar-refractivity contribution in [2.24, 2.45) is 5.92 Å². The van der Waals surface area contributed by atoms with E-state index in [1.807, 2.05) is 83.2 Å². The lowest BCUT2D eigenvalue weighted by Gasteiger charge is -2.09. The molecule has 0 saturated carbocycles. The first-order chi connectivity index (χ1) is 14.3. The number of hydrogen-bond acceptors (Lipinski definition) is 3. The van der Waals surface area contributed by atoms with Crippen molar-refractivity contribution < 1.29 is 9.59 Å². The third kappa shape index (κ3) is 12.5. The van der Waals surface area contributed by atoms with Gasteiger partial charge in [0, 0.05) is 18.3 Å². The molecule has 3 nitrogen and oxygen atoms in total. The summed E-state index contributed by atoms with van der Waals surface area (Å²) in [4.78, 5) is 21.8. The Morgan fingerprint density at radius 2 is 1.27 bits per heavy atom. The average molecular weight is 410 g/mol. The van der Waals surface area contributed by atoms with E-state index in [0.29, 0.717) is 0 Å². The highest BCUT2D eigenvalue weighted by atomic mass is 16.1. The van der Waals surface area contributed by atoms with Crippen molar-refractivity contribution in [1.82, 2.24) is 5.32 Å². The minimum absolute atomic E-state index is 0.0602. The Morgan fingerprint density at radius 3 is 1.60 bits per heavy atom. The molecular weight excluding hydrogens is 370 g/mol. The summed E-state index contributed by atoms with van der Waals surface area (Å²) in [5.74, 6) is 0.188. The molecule has 3 heteroatoms. The Balaban J connectivity index is 0. The Bertz CT molecular complexity index is 759. The second kappa shape index (κ2) is 18.1. The van der Waals surface area contributed by atoms with Crippen LogP contribution in [0.3, 0.4) is 0 Å². The van der Waals surface area contributed by atoms with E-state index in [1.165, 1.54) is 5.56 Å². The molecule has 2 aromatic rings. The van der Waals surface area contributed by atoms with E-state index in [0.717, 1.165) is 16.8 Å². The number of nitrogens with one attached hydrogen (secondary N) is 1. The molecule has 0 saturated heterocycles. The fraction of sp³-hybridized carbons (Fsp3) is 0.333. The Hall–Kier alpha value is -2.94. The molecule has 2 aromatic carbocycles. The van der Waals surface area contributed by atoms with Gasteiger partial charge in [0.2, 0.25) is 0 Å². The lowest BCUT2D eigenvalue weighted by atomic mass is 10.1. The SMILES string of the molecule is C=C(NC)C(C)C(C)=O.CC.CC.CC(=O)c1ccc(/C=C/c2ccccc2)cc1. The third-order valence-electron chi connectivity index (χ3n) is 4.04. The average Bonchev–Trinajstić information content (AvgIpc) is 2.80. The van der Waals surface area contributed by atoms with Crippen molar-refractivity contribution in [1.29, 1.82) is 0 Å². The first kappa shape index (κ1) is 29.3. The van der Waals surface area contributed by atoms with Crippen LogP contribution in [0.4, 0.5) is 0 Å². The molecule has 0 bridgehead atoms. The largest absolute Gasteiger partial charge is 0.391 e. The predicted molar refractivity (Wildman–Crippen MR) is 133 cm³/mol. The maximum absolute atomic E-state index is 11.1. The molecule has 0 amide bonds. The van der Waals surface area contributed by atoms with E-state index in [-0.39, 0.29) is 17.5 Å². The minimum atomic E-state index is -0.0602. The lowest BCUT2D eigenvalue weighted by Crippen LogP contribution is -2.18. The van der Waals surface area contributed by atoms with Crippen molar-refractivity contribution in [3.8, 4) is 0 Å². The molecular formula is C27H39NO2. The zero-order valence-electron chi connectivity index (χ0n) is 20.0. The van der Waals surface area contributed by atoms with Gasteiger partial charge in [0.25, 0.3) is 0 Å². The van der Waals surface area contributed by atoms with Crippen molar-refractivity contribution in [2.45, 2.75) is 48.5 Å². The first-order valence-corrected chi connectivity index (χ1v) is 10.6. The Kier molecular flexibility index (Phi) is 17.7. The van der Waals surface area contributed by atoms with Crippen LogP contribution in [0.15, 0.2) is 66.9 Å². The molecule has 2 rings (SSSR count). The summed E-state index contributed by atoms with van der Waals surface area (Å²) >= 11 is 0. The molecule has 0 radical (unpaired) electrons. The minimum Gasteiger partial charge on any atom is -0.391 e. The van der Waals surface area contributed by atoms with E-state index in [4.69, 9.17) is 0 Å². The van der Waals surface area contributed by atoms with Gasteiger partial charge in [-0.3, -0.25) is 9.59 Å². The highest BCUT2D eigenvalue weighted by Crippen LogP contribution is 2.10. The van der Waals surface area contributed by atoms with Gasteiger partial charge in [0.15, 0.2) is 5.78 Å². The molecule has 0 aliphatic carbocycles. The van der Waals surface area contributed by atoms with Crippen LogP contribution in [-0.2, 0) is 4.79 Å². The number of carbonyl (C=O) groups excluding carboxylic acids is 2. The summed E-state index contributed by atoms with van der Waals surface area (Å²) in [7, 11) is 1.77. The van der Waals surface area contributed by atoms with Gasteiger partial charge in [-0.25, -0.2) is 0 Å². The second-order valence-electron chi connectivity index (χ2n) is 6.03. The molecule has 30 heavy (non-hydrogen) atoms. The summed E-state index contributed by atoms with van der Waals surface area (Å²) in [6.45, 7) is 16.6. The number of ketones is 2. The fourth-order valence-electron chi connectivity index (χ4n) is 2.05. The third-order valence-corrected chi connectivity index (χ3v) is 4.04. The molecule has 164 valence electrons. The van der Waals surface area contributed by atoms with Gasteiger partial charge in [-0.15, -0.1) is 0 Å². The molecule has 0 spiro atoms. The van der Waals surface area contributed by atoms with Gasteiger partial charge < -0.3 is 5.32 Å². The van der Waals surface area contributed by atoms with E-state index < -0.39 is 0 Å². The number of carbonyl (C=O) groups is 2. The van der Waals surface area contributed by atoms with Gasteiger partial charge in [0.05, 0.1) is 5.92 Å². The first-order valence-electron chi connectivity index (χ1n) is 10.6. The number of Topliss-reactive ketones (excluding diaryl/α,β-unsaturated/α-hetero) is 2. The van der Waals surface area contributed by atoms with Crippen LogP contribution in [0.1, 0.15) is 70.0 Å². The van der Waals surface area contributed by atoms with Gasteiger partial charge in [0.1, 0.15) is 5.78 Å². The van der Waals surface area contributed by atoms with E-state index in [9.17, 15) is 9.59 Å². The molecule has 1 unspecified atom stereocenters. The maximum atomic E-state index is 11.1. The molecule has 0 aliphatic heterocycles. The summed E-state index contributed by atoms with van der Waals surface area (Å²) < 4.78 is 0. The van der Waals surface area contributed by atoms with Crippen LogP contribution in [0, 0.1) is 5.92 Å². The van der Waals surface area contributed by atoms with Gasteiger partial charge in [-0.1, -0.05) is 101 Å². The monoisotopic (exact) mass is 409 g/mol. The Morgan fingerprint density at radius 1 is 0.833 bits per heavy atom. The lowest BCUT2D eigenvalue weighted by molar-refractivity contribution is -0.119. The smallest absolute Gasteiger partial charge is 0.159 e. The van der Waals surface area contributed by atoms with Crippen molar-refractivity contribution >= 4 is 23.7 Å². The highest BCUT2D eigenvalue weighted by molar-refractivity contribution is 5.94. The zero-order valence-corrected chi connectivity index (χ0v) is 20.0. The fourth-order valence-corrected chi connectivity index (χ4v) is 2.05. The number of benzene rings is 2. The number of hydrogen-bond donors (Lipinski definition) is 1. The Labute approximate surface area is 183 Å². The van der Waals surface area contributed by atoms with Crippen LogP contribution in [0.2, 0.25) is 0 Å². The topological polar surface area (TPSA) is 46.2 Å². The van der Waals surface area contributed by atoms with Crippen LogP contribution in [-0.4, -0.2) is 18.6 Å². The van der Waals surface area contributed by atoms with Crippen LogP contribution in [0.5, 0.6) is 0 Å². The predicted octanol–water partition coefficient (Wildman–Crippen LogP) is 7.06. The highest BCUT2D eigenvalue weighted by Gasteiger charge is 2.08. The standard InChI is InChI=1S/C16H14O.C7H13NO.2C2H6/c1-13(17)16-11-9-15(10-12-16)8-7-14-5-3-2-4-6-14;1-5(7(3)9)6(2)8-4;2*1-2/h2-12H,1H3;5,8H,2H2,1,3-4H3;2*1-2H3/b8-7+;;;.